The summed E-state index contributed by atoms with van der Waals surface area (Å²) in [5.74, 6) is -0.859. The third-order valence-electron chi connectivity index (χ3n) is 7.12. The van der Waals surface area contributed by atoms with Gasteiger partial charge in [0.1, 0.15) is 5.60 Å². The quantitative estimate of drug-likeness (QED) is 0.312. The maximum Gasteiger partial charge on any atom is 0.407 e. The van der Waals surface area contributed by atoms with Gasteiger partial charge >= 0.3 is 6.09 Å². The summed E-state index contributed by atoms with van der Waals surface area (Å²) in [7, 11) is -3.93. The lowest BCUT2D eigenvalue weighted by Crippen LogP contribution is -2.48. The highest BCUT2D eigenvalue weighted by Gasteiger charge is 2.37. The van der Waals surface area contributed by atoms with Crippen molar-refractivity contribution in [2.75, 3.05) is 6.54 Å². The highest BCUT2D eigenvalue weighted by atomic mass is 32.2. The van der Waals surface area contributed by atoms with Gasteiger partial charge in [0, 0.05) is 5.39 Å². The Labute approximate surface area is 244 Å². The molecule has 5 rings (SSSR count). The van der Waals surface area contributed by atoms with Crippen molar-refractivity contribution >= 4 is 38.8 Å². The molecular formula is C31H32N4O6S. The first-order chi connectivity index (χ1) is 19.8. The second-order valence-electron chi connectivity index (χ2n) is 11.4. The number of amides is 3. The SMILES string of the molecule is Cc1ccc(S(=O)(=O)n2ncc3c(C)c(C[C@@H](CN4C(=O)c5ccccc5C4=O)NC(=O)OC(C)(C)C)ccc32)cc1. The van der Waals surface area contributed by atoms with Crippen molar-refractivity contribution in [2.45, 2.75) is 57.6 Å². The zero-order chi connectivity index (χ0) is 30.4. The van der Waals surface area contributed by atoms with E-state index in [0.29, 0.717) is 22.0 Å². The molecule has 0 radical (unpaired) electrons. The maximum absolute atomic E-state index is 13.3. The molecule has 1 aromatic heterocycles. The Morgan fingerprint density at radius 1 is 0.952 bits per heavy atom. The summed E-state index contributed by atoms with van der Waals surface area (Å²) in [4.78, 5) is 40.2. The van der Waals surface area contributed by atoms with Crippen molar-refractivity contribution in [1.29, 1.82) is 0 Å². The topological polar surface area (TPSA) is 128 Å². The van der Waals surface area contributed by atoms with Gasteiger partial charge in [0.05, 0.1) is 40.3 Å². The minimum Gasteiger partial charge on any atom is -0.444 e. The van der Waals surface area contributed by atoms with Gasteiger partial charge in [-0.2, -0.15) is 17.6 Å². The van der Waals surface area contributed by atoms with Gasteiger partial charge in [-0.05, 0) is 82.5 Å². The minimum atomic E-state index is -3.93. The lowest BCUT2D eigenvalue weighted by Gasteiger charge is -2.26. The number of alkyl carbamates (subject to hydrolysis) is 1. The Hall–Kier alpha value is -4.51. The Balaban J connectivity index is 1.46. The third kappa shape index (κ3) is 5.52. The molecule has 0 fully saturated rings. The lowest BCUT2D eigenvalue weighted by atomic mass is 9.98. The summed E-state index contributed by atoms with van der Waals surface area (Å²) in [6, 6.07) is 15.9. The van der Waals surface area contributed by atoms with Crippen LogP contribution in [0.1, 0.15) is 58.2 Å². The monoisotopic (exact) mass is 588 g/mol. The van der Waals surface area contributed by atoms with Crippen molar-refractivity contribution < 1.29 is 27.5 Å². The average Bonchev–Trinajstić information content (AvgIpc) is 3.46. The average molecular weight is 589 g/mol. The first-order valence-corrected chi connectivity index (χ1v) is 14.9. The van der Waals surface area contributed by atoms with Gasteiger partial charge in [-0.15, -0.1) is 0 Å². The third-order valence-corrected chi connectivity index (χ3v) is 8.73. The number of hydrogen-bond donors (Lipinski definition) is 1. The van der Waals surface area contributed by atoms with Crippen LogP contribution in [0, 0.1) is 13.8 Å². The molecule has 2 heterocycles. The van der Waals surface area contributed by atoms with E-state index in [2.05, 4.69) is 10.4 Å². The molecule has 4 aromatic rings. The summed E-state index contributed by atoms with van der Waals surface area (Å²) < 4.78 is 33.2. The number of nitrogens with one attached hydrogen (secondary N) is 1. The van der Waals surface area contributed by atoms with Crippen molar-refractivity contribution in [1.82, 2.24) is 19.4 Å². The van der Waals surface area contributed by atoms with Gasteiger partial charge in [-0.25, -0.2) is 4.79 Å². The molecule has 0 saturated carbocycles. The molecule has 3 amide bonds. The fourth-order valence-corrected chi connectivity index (χ4v) is 6.28. The molecule has 1 atom stereocenters. The van der Waals surface area contributed by atoms with Gasteiger partial charge in [0.25, 0.3) is 21.8 Å². The van der Waals surface area contributed by atoms with Gasteiger partial charge < -0.3 is 10.1 Å². The van der Waals surface area contributed by atoms with Crippen molar-refractivity contribution in [3.8, 4) is 0 Å². The lowest BCUT2D eigenvalue weighted by molar-refractivity contribution is 0.0468. The van der Waals surface area contributed by atoms with Crippen LogP contribution in [0.3, 0.4) is 0 Å². The normalized spacial score (nSPS) is 14.3. The standard InChI is InChI=1S/C31H32N4O6S/c1-19-10-13-23(14-11-19)42(39,40)35-27-15-12-21(20(2)26(27)17-32-35)16-22(33-30(38)41-31(3,4)5)18-34-28(36)24-8-6-7-9-25(24)29(34)37/h6-15,17,22H,16,18H2,1-5H3,(H,33,38)/t22-/m0/s1. The molecule has 3 aromatic carbocycles. The number of fused-ring (bicyclic) bond motifs is 2. The van der Waals surface area contributed by atoms with Crippen molar-refractivity contribution in [3.63, 3.8) is 0 Å². The van der Waals surface area contributed by atoms with E-state index >= 15 is 0 Å². The molecule has 0 bridgehead atoms. The molecular weight excluding hydrogens is 556 g/mol. The second kappa shape index (κ2) is 10.7. The van der Waals surface area contributed by atoms with Crippen LogP contribution in [0.4, 0.5) is 4.79 Å². The van der Waals surface area contributed by atoms with Crippen LogP contribution in [-0.4, -0.2) is 58.6 Å². The van der Waals surface area contributed by atoms with Crippen LogP contribution in [-0.2, 0) is 21.2 Å². The van der Waals surface area contributed by atoms with E-state index in [1.807, 2.05) is 13.8 Å². The molecule has 0 unspecified atom stereocenters. The number of rotatable bonds is 7. The van der Waals surface area contributed by atoms with E-state index in [4.69, 9.17) is 4.74 Å². The molecule has 1 N–H and O–H groups in total. The molecule has 11 heteroatoms. The van der Waals surface area contributed by atoms with Crippen LogP contribution < -0.4 is 5.32 Å². The van der Waals surface area contributed by atoms with Crippen molar-refractivity contribution in [2.24, 2.45) is 0 Å². The number of nitrogens with zero attached hydrogens (tertiary/aromatic N) is 3. The van der Waals surface area contributed by atoms with Crippen LogP contribution in [0.15, 0.2) is 71.8 Å². The Morgan fingerprint density at radius 2 is 1.57 bits per heavy atom. The molecule has 0 aliphatic carbocycles. The molecule has 1 aliphatic rings. The number of aryl methyl sites for hydroxylation is 2. The Kier molecular flexibility index (Phi) is 7.40. The number of hydrogen-bond acceptors (Lipinski definition) is 7. The van der Waals surface area contributed by atoms with E-state index in [9.17, 15) is 22.8 Å². The van der Waals surface area contributed by atoms with Crippen LogP contribution in [0.2, 0.25) is 0 Å². The maximum atomic E-state index is 13.3. The highest BCUT2D eigenvalue weighted by Crippen LogP contribution is 2.27. The number of ether oxygens (including phenoxy) is 1. The van der Waals surface area contributed by atoms with Crippen LogP contribution in [0.25, 0.3) is 10.9 Å². The largest absolute Gasteiger partial charge is 0.444 e. The summed E-state index contributed by atoms with van der Waals surface area (Å²) in [6.45, 7) is 8.87. The molecule has 0 spiro atoms. The fraction of sp³-hybridized carbons (Fsp3) is 0.290. The summed E-state index contributed by atoms with van der Waals surface area (Å²) >= 11 is 0. The van der Waals surface area contributed by atoms with Gasteiger partial charge in [-0.3, -0.25) is 14.5 Å². The first-order valence-electron chi connectivity index (χ1n) is 13.5. The molecule has 42 heavy (non-hydrogen) atoms. The smallest absolute Gasteiger partial charge is 0.407 e. The summed E-state index contributed by atoms with van der Waals surface area (Å²) in [5, 5.41) is 7.65. The molecule has 1 aliphatic heterocycles. The molecule has 218 valence electrons. The van der Waals surface area contributed by atoms with E-state index in [0.717, 1.165) is 25.7 Å². The van der Waals surface area contributed by atoms with Crippen molar-refractivity contribution in [3.05, 3.63) is 94.7 Å². The van der Waals surface area contributed by atoms with Crippen LogP contribution >= 0.6 is 0 Å². The van der Waals surface area contributed by atoms with E-state index in [1.54, 1.807) is 81.4 Å². The molecule has 10 nitrogen and oxygen atoms in total. The number of carbonyl (C=O) groups excluding carboxylic acids is 3. The number of carbonyl (C=O) groups is 3. The number of benzene rings is 3. The summed E-state index contributed by atoms with van der Waals surface area (Å²) in [5.41, 5.74) is 2.78. The number of aromatic nitrogens is 2. The number of imide groups is 1. The first kappa shape index (κ1) is 29.0. The van der Waals surface area contributed by atoms with E-state index in [-0.39, 0.29) is 17.9 Å². The molecule has 0 saturated heterocycles. The zero-order valence-electron chi connectivity index (χ0n) is 24.0. The second-order valence-corrected chi connectivity index (χ2v) is 13.2. The predicted octanol–water partition coefficient (Wildman–Crippen LogP) is 4.62. The zero-order valence-corrected chi connectivity index (χ0v) is 24.9. The Bertz CT molecular complexity index is 1790. The van der Waals surface area contributed by atoms with E-state index in [1.165, 1.54) is 6.20 Å². The van der Waals surface area contributed by atoms with E-state index < -0.39 is 39.6 Å². The minimum absolute atomic E-state index is 0.0792. The predicted molar refractivity (Wildman–Crippen MR) is 157 cm³/mol. The van der Waals surface area contributed by atoms with Gasteiger partial charge in [0.2, 0.25) is 0 Å². The van der Waals surface area contributed by atoms with Gasteiger partial charge in [-0.1, -0.05) is 35.9 Å². The van der Waals surface area contributed by atoms with Gasteiger partial charge in [0.15, 0.2) is 0 Å². The Morgan fingerprint density at radius 3 is 2.17 bits per heavy atom. The summed E-state index contributed by atoms with van der Waals surface area (Å²) in [6.07, 6.45) is 1.06. The fourth-order valence-electron chi connectivity index (χ4n) is 5.01. The van der Waals surface area contributed by atoms with Crippen LogP contribution in [0.5, 0.6) is 0 Å². The highest BCUT2D eigenvalue weighted by molar-refractivity contribution is 7.90.